The lowest BCUT2D eigenvalue weighted by molar-refractivity contribution is 0.236. The van der Waals surface area contributed by atoms with E-state index in [-0.39, 0.29) is 12.6 Å². The van der Waals surface area contributed by atoms with E-state index in [2.05, 4.69) is 5.32 Å². The van der Waals surface area contributed by atoms with Crippen molar-refractivity contribution in [3.05, 3.63) is 59.7 Å². The van der Waals surface area contributed by atoms with Gasteiger partial charge in [0.05, 0.1) is 13.7 Å². The smallest absolute Gasteiger partial charge is 0.166 e. The zero-order chi connectivity index (χ0) is 16.5. The first-order valence-electron chi connectivity index (χ1n) is 7.95. The monoisotopic (exact) mass is 315 g/mol. The molecule has 0 unspecified atom stereocenters. The Kier molecular flexibility index (Phi) is 6.91. The van der Waals surface area contributed by atoms with Gasteiger partial charge >= 0.3 is 0 Å². The molecule has 1 atom stereocenters. The van der Waals surface area contributed by atoms with Crippen LogP contribution in [-0.4, -0.2) is 24.9 Å². The largest absolute Gasteiger partial charge is 0.493 e. The quantitative estimate of drug-likeness (QED) is 0.746. The zero-order valence-electron chi connectivity index (χ0n) is 13.8. The molecule has 0 fully saturated rings. The number of hydrogen-bond acceptors (Lipinski definition) is 4. The second-order valence-electron chi connectivity index (χ2n) is 5.39. The Balaban J connectivity index is 2.11. The van der Waals surface area contributed by atoms with Gasteiger partial charge in [0, 0.05) is 18.2 Å². The summed E-state index contributed by atoms with van der Waals surface area (Å²) in [6.45, 7) is 3.29. The van der Waals surface area contributed by atoms with Crippen molar-refractivity contribution in [1.82, 2.24) is 5.32 Å². The number of nitrogens with one attached hydrogen (secondary N) is 1. The summed E-state index contributed by atoms with van der Waals surface area (Å²) >= 11 is 0. The third kappa shape index (κ3) is 4.98. The summed E-state index contributed by atoms with van der Waals surface area (Å²) in [6.07, 6.45) is 0.876. The Bertz CT molecular complexity index is 582. The van der Waals surface area contributed by atoms with Crippen LogP contribution in [0.3, 0.4) is 0 Å². The first-order chi connectivity index (χ1) is 11.3. The molecule has 0 saturated heterocycles. The lowest BCUT2D eigenvalue weighted by atomic mass is 10.1. The first-order valence-corrected chi connectivity index (χ1v) is 7.95. The highest BCUT2D eigenvalue weighted by Crippen LogP contribution is 2.31. The molecule has 124 valence electrons. The van der Waals surface area contributed by atoms with Crippen molar-refractivity contribution >= 4 is 0 Å². The van der Waals surface area contributed by atoms with Gasteiger partial charge in [-0.05, 0) is 18.1 Å². The Morgan fingerprint density at radius 2 is 1.87 bits per heavy atom. The molecule has 0 radical (unpaired) electrons. The molecule has 0 aromatic heterocycles. The van der Waals surface area contributed by atoms with E-state index >= 15 is 0 Å². The van der Waals surface area contributed by atoms with Gasteiger partial charge in [-0.1, -0.05) is 49.4 Å². The maximum absolute atomic E-state index is 9.31. The van der Waals surface area contributed by atoms with Crippen LogP contribution in [0.15, 0.2) is 48.5 Å². The number of benzene rings is 2. The van der Waals surface area contributed by atoms with Gasteiger partial charge in [0.2, 0.25) is 0 Å². The molecule has 0 aliphatic carbocycles. The van der Waals surface area contributed by atoms with Crippen LogP contribution in [0.2, 0.25) is 0 Å². The number of hydrogen-bond donors (Lipinski definition) is 2. The Hall–Kier alpha value is -2.04. The zero-order valence-corrected chi connectivity index (χ0v) is 13.8. The van der Waals surface area contributed by atoms with E-state index in [9.17, 15) is 5.11 Å². The van der Waals surface area contributed by atoms with E-state index in [0.717, 1.165) is 29.0 Å². The minimum atomic E-state index is 0.0863. The fourth-order valence-corrected chi connectivity index (χ4v) is 2.35. The maximum Gasteiger partial charge on any atom is 0.166 e. The molecule has 23 heavy (non-hydrogen) atoms. The summed E-state index contributed by atoms with van der Waals surface area (Å²) < 4.78 is 11.4. The standard InChI is InChI=1S/C19H25NO3/c1-3-17(13-21)20-12-16-10-7-11-18(22-2)19(16)23-14-15-8-5-4-6-9-15/h4-11,17,20-21H,3,12-14H2,1-2H3/t17-/m1/s1. The SMILES string of the molecule is CC[C@H](CO)NCc1cccc(OC)c1OCc1ccccc1. The summed E-state index contributed by atoms with van der Waals surface area (Å²) in [5.74, 6) is 1.47. The van der Waals surface area contributed by atoms with Crippen molar-refractivity contribution in [3.63, 3.8) is 0 Å². The second-order valence-corrected chi connectivity index (χ2v) is 5.39. The average Bonchev–Trinajstić information content (AvgIpc) is 2.62. The van der Waals surface area contributed by atoms with Crippen molar-refractivity contribution in [2.45, 2.75) is 32.5 Å². The summed E-state index contributed by atoms with van der Waals surface area (Å²) in [5.41, 5.74) is 2.13. The molecular formula is C19H25NO3. The molecule has 0 saturated carbocycles. The van der Waals surface area contributed by atoms with Crippen molar-refractivity contribution in [3.8, 4) is 11.5 Å². The molecule has 2 rings (SSSR count). The van der Waals surface area contributed by atoms with Crippen LogP contribution in [0.1, 0.15) is 24.5 Å². The number of para-hydroxylation sites is 1. The highest BCUT2D eigenvalue weighted by Gasteiger charge is 2.12. The average molecular weight is 315 g/mol. The molecule has 2 aromatic carbocycles. The predicted molar refractivity (Wildman–Crippen MR) is 91.8 cm³/mol. The van der Waals surface area contributed by atoms with E-state index in [4.69, 9.17) is 9.47 Å². The lowest BCUT2D eigenvalue weighted by Crippen LogP contribution is -2.31. The van der Waals surface area contributed by atoms with E-state index in [1.165, 1.54) is 0 Å². The van der Waals surface area contributed by atoms with Gasteiger partial charge in [-0.2, -0.15) is 0 Å². The van der Waals surface area contributed by atoms with Crippen molar-refractivity contribution in [1.29, 1.82) is 0 Å². The van der Waals surface area contributed by atoms with Crippen LogP contribution in [0.5, 0.6) is 11.5 Å². The van der Waals surface area contributed by atoms with Gasteiger partial charge in [-0.3, -0.25) is 0 Å². The summed E-state index contributed by atoms with van der Waals surface area (Å²) in [5, 5.41) is 12.6. The second kappa shape index (κ2) is 9.18. The third-order valence-electron chi connectivity index (χ3n) is 3.80. The van der Waals surface area contributed by atoms with E-state index in [1.54, 1.807) is 7.11 Å². The van der Waals surface area contributed by atoms with Crippen LogP contribution in [0.25, 0.3) is 0 Å². The summed E-state index contributed by atoms with van der Waals surface area (Å²) in [6, 6.07) is 16.0. The molecule has 2 aromatic rings. The van der Waals surface area contributed by atoms with E-state index in [0.29, 0.717) is 13.2 Å². The van der Waals surface area contributed by atoms with Gasteiger partial charge in [-0.15, -0.1) is 0 Å². The van der Waals surface area contributed by atoms with Crippen molar-refractivity contribution in [2.24, 2.45) is 0 Å². The number of rotatable bonds is 9. The van der Waals surface area contributed by atoms with Crippen molar-refractivity contribution in [2.75, 3.05) is 13.7 Å². The molecule has 0 spiro atoms. The van der Waals surface area contributed by atoms with Crippen LogP contribution < -0.4 is 14.8 Å². The molecule has 0 aliphatic rings. The van der Waals surface area contributed by atoms with Gasteiger partial charge in [0.25, 0.3) is 0 Å². The van der Waals surface area contributed by atoms with Crippen LogP contribution in [0, 0.1) is 0 Å². The van der Waals surface area contributed by atoms with Gasteiger partial charge in [0.1, 0.15) is 6.61 Å². The lowest BCUT2D eigenvalue weighted by Gasteiger charge is -2.18. The summed E-state index contributed by atoms with van der Waals surface area (Å²) in [4.78, 5) is 0. The Morgan fingerprint density at radius 3 is 2.52 bits per heavy atom. The minimum Gasteiger partial charge on any atom is -0.493 e. The number of aliphatic hydroxyl groups is 1. The Morgan fingerprint density at radius 1 is 1.09 bits per heavy atom. The molecule has 0 aliphatic heterocycles. The van der Waals surface area contributed by atoms with Gasteiger partial charge in [-0.25, -0.2) is 0 Å². The first kappa shape index (κ1) is 17.3. The Labute approximate surface area is 138 Å². The van der Waals surface area contributed by atoms with Crippen LogP contribution in [0.4, 0.5) is 0 Å². The highest BCUT2D eigenvalue weighted by atomic mass is 16.5. The molecule has 0 heterocycles. The van der Waals surface area contributed by atoms with Crippen molar-refractivity contribution < 1.29 is 14.6 Å². The molecule has 0 bridgehead atoms. The molecule has 4 heteroatoms. The van der Waals surface area contributed by atoms with Crippen LogP contribution in [-0.2, 0) is 13.2 Å². The number of ether oxygens (including phenoxy) is 2. The normalized spacial score (nSPS) is 12.0. The topological polar surface area (TPSA) is 50.7 Å². The highest BCUT2D eigenvalue weighted by molar-refractivity contribution is 5.46. The third-order valence-corrected chi connectivity index (χ3v) is 3.80. The molecule has 0 amide bonds. The fraction of sp³-hybridized carbons (Fsp3) is 0.368. The summed E-state index contributed by atoms with van der Waals surface area (Å²) in [7, 11) is 1.64. The molecule has 4 nitrogen and oxygen atoms in total. The van der Waals surface area contributed by atoms with E-state index < -0.39 is 0 Å². The number of aliphatic hydroxyl groups excluding tert-OH is 1. The maximum atomic E-state index is 9.31. The van der Waals surface area contributed by atoms with E-state index in [1.807, 2.05) is 55.5 Å². The molecular weight excluding hydrogens is 290 g/mol. The predicted octanol–water partition coefficient (Wildman–Crippen LogP) is 3.13. The number of methoxy groups -OCH3 is 1. The molecule has 2 N–H and O–H groups in total. The fourth-order valence-electron chi connectivity index (χ4n) is 2.35. The van der Waals surface area contributed by atoms with Gasteiger partial charge in [0.15, 0.2) is 11.5 Å². The van der Waals surface area contributed by atoms with Gasteiger partial charge < -0.3 is 19.9 Å². The minimum absolute atomic E-state index is 0.0863. The van der Waals surface area contributed by atoms with Crippen LogP contribution >= 0.6 is 0 Å².